The van der Waals surface area contributed by atoms with Crippen molar-refractivity contribution < 1.29 is 4.74 Å². The van der Waals surface area contributed by atoms with Crippen molar-refractivity contribution in [2.24, 2.45) is 0 Å². The molecule has 0 radical (unpaired) electrons. The molecule has 0 saturated carbocycles. The number of hydrogen-bond acceptors (Lipinski definition) is 3. The van der Waals surface area contributed by atoms with Crippen molar-refractivity contribution in [2.45, 2.75) is 38.8 Å². The quantitative estimate of drug-likeness (QED) is 0.637. The van der Waals surface area contributed by atoms with Gasteiger partial charge in [-0.05, 0) is 50.1 Å². The third kappa shape index (κ3) is 3.73. The SMILES string of the molecule is COc1ccc(-n2nc(C)c([C@@H]3C=C[C@@H](NCc4ccccc4)C3)c2C)cc1. The minimum atomic E-state index is 0.397. The van der Waals surface area contributed by atoms with Crippen LogP contribution in [-0.4, -0.2) is 22.9 Å². The van der Waals surface area contributed by atoms with Gasteiger partial charge in [0.1, 0.15) is 5.75 Å². The number of ether oxygens (including phenoxy) is 1. The van der Waals surface area contributed by atoms with Gasteiger partial charge in [-0.15, -0.1) is 0 Å². The Balaban J connectivity index is 1.47. The molecule has 4 heteroatoms. The third-order valence-corrected chi connectivity index (χ3v) is 5.53. The van der Waals surface area contributed by atoms with E-state index >= 15 is 0 Å². The zero-order valence-corrected chi connectivity index (χ0v) is 16.7. The van der Waals surface area contributed by atoms with E-state index < -0.39 is 0 Å². The number of allylic oxidation sites excluding steroid dienone is 1. The molecule has 2 aromatic carbocycles. The summed E-state index contributed by atoms with van der Waals surface area (Å²) in [6.45, 7) is 5.17. The lowest BCUT2D eigenvalue weighted by atomic mass is 9.96. The summed E-state index contributed by atoms with van der Waals surface area (Å²) >= 11 is 0. The Kier molecular flexibility index (Phi) is 5.31. The van der Waals surface area contributed by atoms with Crippen LogP contribution in [0.5, 0.6) is 5.75 Å². The maximum Gasteiger partial charge on any atom is 0.119 e. The fraction of sp³-hybridized carbons (Fsp3) is 0.292. The molecule has 1 aliphatic rings. The van der Waals surface area contributed by atoms with Crippen LogP contribution >= 0.6 is 0 Å². The van der Waals surface area contributed by atoms with E-state index in [1.807, 2.05) is 16.8 Å². The Morgan fingerprint density at radius 1 is 1.04 bits per heavy atom. The highest BCUT2D eigenvalue weighted by Crippen LogP contribution is 2.34. The van der Waals surface area contributed by atoms with Crippen LogP contribution in [0, 0.1) is 13.8 Å². The van der Waals surface area contributed by atoms with Crippen LogP contribution in [0.25, 0.3) is 5.69 Å². The lowest BCUT2D eigenvalue weighted by Crippen LogP contribution is -2.25. The van der Waals surface area contributed by atoms with E-state index in [9.17, 15) is 0 Å². The number of aromatic nitrogens is 2. The smallest absolute Gasteiger partial charge is 0.119 e. The van der Waals surface area contributed by atoms with Crippen molar-refractivity contribution in [1.29, 1.82) is 0 Å². The normalized spacial score (nSPS) is 18.5. The Labute approximate surface area is 166 Å². The first kappa shape index (κ1) is 18.5. The van der Waals surface area contributed by atoms with E-state index in [2.05, 4.69) is 73.8 Å². The molecule has 4 rings (SSSR count). The summed E-state index contributed by atoms with van der Waals surface area (Å²) in [4.78, 5) is 0. The lowest BCUT2D eigenvalue weighted by molar-refractivity contribution is 0.414. The molecule has 1 aromatic heterocycles. The van der Waals surface area contributed by atoms with Gasteiger partial charge < -0.3 is 10.1 Å². The molecular formula is C24H27N3O. The standard InChI is InChI=1S/C24H27N3O/c1-17-24(18(2)27(26-17)22-11-13-23(28-3)14-12-22)20-9-10-21(15-20)25-16-19-7-5-4-6-8-19/h4-14,20-21,25H,15-16H2,1-3H3/t20-,21-/m1/s1. The van der Waals surface area contributed by atoms with Gasteiger partial charge in [0.2, 0.25) is 0 Å². The Morgan fingerprint density at radius 2 is 1.79 bits per heavy atom. The highest BCUT2D eigenvalue weighted by atomic mass is 16.5. The van der Waals surface area contributed by atoms with Crippen LogP contribution in [0.4, 0.5) is 0 Å². The fourth-order valence-electron chi connectivity index (χ4n) is 4.08. The van der Waals surface area contributed by atoms with Crippen molar-refractivity contribution in [3.05, 3.63) is 89.3 Å². The van der Waals surface area contributed by atoms with E-state index in [0.717, 1.165) is 30.1 Å². The van der Waals surface area contributed by atoms with Crippen molar-refractivity contribution in [2.75, 3.05) is 7.11 Å². The first-order valence-corrected chi connectivity index (χ1v) is 9.82. The molecular weight excluding hydrogens is 346 g/mol. The molecule has 144 valence electrons. The molecule has 1 aliphatic carbocycles. The molecule has 0 bridgehead atoms. The molecule has 2 atom stereocenters. The molecule has 4 nitrogen and oxygen atoms in total. The van der Waals surface area contributed by atoms with Crippen LogP contribution in [0.2, 0.25) is 0 Å². The van der Waals surface area contributed by atoms with E-state index in [-0.39, 0.29) is 0 Å². The van der Waals surface area contributed by atoms with Gasteiger partial charge in [-0.3, -0.25) is 0 Å². The summed E-state index contributed by atoms with van der Waals surface area (Å²) in [5.74, 6) is 1.26. The van der Waals surface area contributed by atoms with E-state index in [1.165, 1.54) is 16.8 Å². The first-order valence-electron chi connectivity index (χ1n) is 9.82. The van der Waals surface area contributed by atoms with Gasteiger partial charge in [-0.1, -0.05) is 42.5 Å². The first-order chi connectivity index (χ1) is 13.7. The number of rotatable bonds is 6. The zero-order valence-electron chi connectivity index (χ0n) is 16.7. The Bertz CT molecular complexity index is 958. The molecule has 3 aromatic rings. The molecule has 28 heavy (non-hydrogen) atoms. The second-order valence-electron chi connectivity index (χ2n) is 7.39. The average Bonchev–Trinajstić information content (AvgIpc) is 3.31. The number of nitrogens with one attached hydrogen (secondary N) is 1. The van der Waals surface area contributed by atoms with Crippen molar-refractivity contribution >= 4 is 0 Å². The van der Waals surface area contributed by atoms with Crippen LogP contribution in [0.1, 0.15) is 34.9 Å². The average molecular weight is 374 g/mol. The summed E-state index contributed by atoms with van der Waals surface area (Å²) in [5, 5.41) is 8.48. The van der Waals surface area contributed by atoms with Crippen molar-refractivity contribution in [3.8, 4) is 11.4 Å². The van der Waals surface area contributed by atoms with Gasteiger partial charge in [0.25, 0.3) is 0 Å². The van der Waals surface area contributed by atoms with Crippen molar-refractivity contribution in [1.82, 2.24) is 15.1 Å². The van der Waals surface area contributed by atoms with E-state index in [0.29, 0.717) is 12.0 Å². The van der Waals surface area contributed by atoms with Crippen molar-refractivity contribution in [3.63, 3.8) is 0 Å². The second kappa shape index (κ2) is 8.03. The van der Waals surface area contributed by atoms with Gasteiger partial charge in [0, 0.05) is 29.8 Å². The molecule has 1 heterocycles. The topological polar surface area (TPSA) is 39.1 Å². The van der Waals surface area contributed by atoms with Gasteiger partial charge >= 0.3 is 0 Å². The highest BCUT2D eigenvalue weighted by molar-refractivity contribution is 5.43. The molecule has 0 unspecified atom stereocenters. The van der Waals surface area contributed by atoms with Crippen LogP contribution in [0.15, 0.2) is 66.7 Å². The maximum absolute atomic E-state index is 5.27. The number of nitrogens with zero attached hydrogens (tertiary/aromatic N) is 2. The summed E-state index contributed by atoms with van der Waals surface area (Å²) in [6.07, 6.45) is 5.71. The molecule has 1 N–H and O–H groups in total. The minimum Gasteiger partial charge on any atom is -0.497 e. The van der Waals surface area contributed by atoms with Gasteiger partial charge in [-0.2, -0.15) is 5.10 Å². The monoisotopic (exact) mass is 373 g/mol. The minimum absolute atomic E-state index is 0.397. The Morgan fingerprint density at radius 3 is 2.50 bits per heavy atom. The zero-order chi connectivity index (χ0) is 19.5. The molecule has 0 aliphatic heterocycles. The summed E-state index contributed by atoms with van der Waals surface area (Å²) in [7, 11) is 1.69. The highest BCUT2D eigenvalue weighted by Gasteiger charge is 2.26. The second-order valence-corrected chi connectivity index (χ2v) is 7.39. The molecule has 0 amide bonds. The van der Waals surface area contributed by atoms with Crippen LogP contribution < -0.4 is 10.1 Å². The van der Waals surface area contributed by atoms with Gasteiger partial charge in [-0.25, -0.2) is 4.68 Å². The van der Waals surface area contributed by atoms with Gasteiger partial charge in [0.15, 0.2) is 0 Å². The van der Waals surface area contributed by atoms with Gasteiger partial charge in [0.05, 0.1) is 18.5 Å². The van der Waals surface area contributed by atoms with Crippen LogP contribution in [-0.2, 0) is 6.54 Å². The maximum atomic E-state index is 5.27. The van der Waals surface area contributed by atoms with E-state index in [4.69, 9.17) is 9.84 Å². The third-order valence-electron chi connectivity index (χ3n) is 5.53. The Hall–Kier alpha value is -2.85. The summed E-state index contributed by atoms with van der Waals surface area (Å²) in [6, 6.07) is 19.0. The number of methoxy groups -OCH3 is 1. The number of hydrogen-bond donors (Lipinski definition) is 1. The predicted molar refractivity (Wildman–Crippen MR) is 113 cm³/mol. The molecule has 0 saturated heterocycles. The molecule has 0 fully saturated rings. The number of aryl methyl sites for hydroxylation is 1. The largest absolute Gasteiger partial charge is 0.497 e. The summed E-state index contributed by atoms with van der Waals surface area (Å²) < 4.78 is 7.31. The van der Waals surface area contributed by atoms with E-state index in [1.54, 1.807) is 7.11 Å². The lowest BCUT2D eigenvalue weighted by Gasteiger charge is -2.15. The molecule has 0 spiro atoms. The summed E-state index contributed by atoms with van der Waals surface area (Å²) in [5.41, 5.74) is 6.04. The predicted octanol–water partition coefficient (Wildman–Crippen LogP) is 4.70. The number of benzene rings is 2. The van der Waals surface area contributed by atoms with Crippen LogP contribution in [0.3, 0.4) is 0 Å². The fourth-order valence-corrected chi connectivity index (χ4v) is 4.08.